The van der Waals surface area contributed by atoms with Crippen molar-refractivity contribution in [1.82, 2.24) is 4.98 Å². The number of non-ortho nitro benzene ring substituents is 1. The van der Waals surface area contributed by atoms with Gasteiger partial charge in [-0.05, 0) is 24.5 Å². The Balaban J connectivity index is 1.97. The molecular weight excluding hydrogens is 370 g/mol. The Morgan fingerprint density at radius 3 is 2.80 bits per heavy atom. The van der Waals surface area contributed by atoms with E-state index >= 15 is 0 Å². The summed E-state index contributed by atoms with van der Waals surface area (Å²) in [6.45, 7) is -0.533. The number of benzene rings is 1. The third-order valence-corrected chi connectivity index (χ3v) is 3.98. The highest BCUT2D eigenvalue weighted by Gasteiger charge is 2.16. The molecule has 0 aliphatic rings. The van der Waals surface area contributed by atoms with Crippen LogP contribution in [0.15, 0.2) is 41.6 Å². The van der Waals surface area contributed by atoms with E-state index in [4.69, 9.17) is 16.3 Å². The lowest BCUT2D eigenvalue weighted by molar-refractivity contribution is -0.384. The van der Waals surface area contributed by atoms with E-state index in [-0.39, 0.29) is 22.0 Å². The first kappa shape index (κ1) is 18.7. The van der Waals surface area contributed by atoms with Crippen molar-refractivity contribution in [2.24, 2.45) is 0 Å². The normalized spacial score (nSPS) is 10.2. The molecule has 0 saturated heterocycles. The van der Waals surface area contributed by atoms with Gasteiger partial charge in [0.1, 0.15) is 5.03 Å². The molecule has 0 unspecified atom stereocenters. The van der Waals surface area contributed by atoms with Gasteiger partial charge in [-0.3, -0.25) is 14.9 Å². The SMILES string of the molecule is CSc1ncccc1C(=O)OCC(=O)Nc1ccc([N+](=O)[O-])cc1Cl. The number of carbonyl (C=O) groups is 2. The third kappa shape index (κ3) is 4.91. The van der Waals surface area contributed by atoms with Crippen molar-refractivity contribution in [3.63, 3.8) is 0 Å². The number of thioether (sulfide) groups is 1. The van der Waals surface area contributed by atoms with Crippen LogP contribution in [-0.2, 0) is 9.53 Å². The van der Waals surface area contributed by atoms with Gasteiger partial charge in [-0.1, -0.05) is 11.6 Å². The number of aromatic nitrogens is 1. The number of nitrogens with zero attached hydrogens (tertiary/aromatic N) is 2. The Labute approximate surface area is 151 Å². The van der Waals surface area contributed by atoms with Crippen molar-refractivity contribution in [2.45, 2.75) is 5.03 Å². The Morgan fingerprint density at radius 1 is 1.40 bits per heavy atom. The highest BCUT2D eigenvalue weighted by molar-refractivity contribution is 7.98. The van der Waals surface area contributed by atoms with Crippen molar-refractivity contribution in [1.29, 1.82) is 0 Å². The second kappa shape index (κ2) is 8.45. The van der Waals surface area contributed by atoms with Gasteiger partial charge in [-0.15, -0.1) is 11.8 Å². The fourth-order valence-electron chi connectivity index (χ4n) is 1.82. The van der Waals surface area contributed by atoms with E-state index in [1.54, 1.807) is 24.6 Å². The number of nitrogens with one attached hydrogen (secondary N) is 1. The Hall–Kier alpha value is -2.65. The molecule has 0 aliphatic heterocycles. The van der Waals surface area contributed by atoms with Crippen LogP contribution in [0, 0.1) is 10.1 Å². The maximum Gasteiger partial charge on any atom is 0.341 e. The van der Waals surface area contributed by atoms with Crippen LogP contribution in [0.25, 0.3) is 0 Å². The van der Waals surface area contributed by atoms with Gasteiger partial charge in [0.2, 0.25) is 0 Å². The second-order valence-corrected chi connectivity index (χ2v) is 5.81. The molecular formula is C15H12ClN3O5S. The van der Waals surface area contributed by atoms with Crippen LogP contribution in [0.1, 0.15) is 10.4 Å². The summed E-state index contributed by atoms with van der Waals surface area (Å²) in [5.74, 6) is -1.30. The number of esters is 1. The maximum absolute atomic E-state index is 12.0. The molecule has 1 aromatic carbocycles. The van der Waals surface area contributed by atoms with Gasteiger partial charge >= 0.3 is 5.97 Å². The number of rotatable bonds is 6. The van der Waals surface area contributed by atoms with E-state index in [1.165, 1.54) is 23.9 Å². The summed E-state index contributed by atoms with van der Waals surface area (Å²) in [4.78, 5) is 38.0. The molecule has 25 heavy (non-hydrogen) atoms. The predicted molar refractivity (Wildman–Crippen MR) is 93.0 cm³/mol. The molecule has 1 heterocycles. The summed E-state index contributed by atoms with van der Waals surface area (Å²) in [5, 5.41) is 13.6. The first-order chi connectivity index (χ1) is 11.9. The molecule has 8 nitrogen and oxygen atoms in total. The van der Waals surface area contributed by atoms with Gasteiger partial charge in [0.05, 0.1) is 21.2 Å². The lowest BCUT2D eigenvalue weighted by Crippen LogP contribution is -2.21. The van der Waals surface area contributed by atoms with E-state index in [0.29, 0.717) is 5.03 Å². The highest BCUT2D eigenvalue weighted by atomic mass is 35.5. The fraction of sp³-hybridized carbons (Fsp3) is 0.133. The van der Waals surface area contributed by atoms with Gasteiger partial charge in [0.25, 0.3) is 11.6 Å². The van der Waals surface area contributed by atoms with Gasteiger partial charge < -0.3 is 10.1 Å². The smallest absolute Gasteiger partial charge is 0.341 e. The van der Waals surface area contributed by atoms with Crippen molar-refractivity contribution < 1.29 is 19.2 Å². The number of hydrogen-bond donors (Lipinski definition) is 1. The lowest BCUT2D eigenvalue weighted by atomic mass is 10.3. The number of amides is 1. The maximum atomic E-state index is 12.0. The quantitative estimate of drug-likeness (QED) is 0.354. The number of carbonyl (C=O) groups excluding carboxylic acids is 2. The second-order valence-electron chi connectivity index (χ2n) is 4.61. The molecule has 2 rings (SSSR count). The number of anilines is 1. The van der Waals surface area contributed by atoms with Crippen LogP contribution in [0.3, 0.4) is 0 Å². The van der Waals surface area contributed by atoms with E-state index < -0.39 is 23.4 Å². The average Bonchev–Trinajstić information content (AvgIpc) is 2.61. The molecule has 10 heteroatoms. The Bertz CT molecular complexity index is 831. The number of nitro groups is 1. The Morgan fingerprint density at radius 2 is 2.16 bits per heavy atom. The van der Waals surface area contributed by atoms with E-state index in [1.807, 2.05) is 0 Å². The molecule has 0 aliphatic carbocycles. The van der Waals surface area contributed by atoms with Crippen LogP contribution in [0.5, 0.6) is 0 Å². The third-order valence-electron chi connectivity index (χ3n) is 2.96. The van der Waals surface area contributed by atoms with Crippen LogP contribution in [-0.4, -0.2) is 34.6 Å². The topological polar surface area (TPSA) is 111 Å². The zero-order valence-electron chi connectivity index (χ0n) is 12.9. The molecule has 0 saturated carbocycles. The van der Waals surface area contributed by atoms with Crippen LogP contribution >= 0.6 is 23.4 Å². The predicted octanol–water partition coefficient (Wildman–Crippen LogP) is 3.16. The minimum atomic E-state index is -0.678. The standard InChI is InChI=1S/C15H12ClN3O5S/c1-25-14-10(3-2-6-17-14)15(21)24-8-13(20)18-12-5-4-9(19(22)23)7-11(12)16/h2-7H,8H2,1H3,(H,18,20). The first-order valence-corrected chi connectivity index (χ1v) is 8.42. The van der Waals surface area contributed by atoms with Crippen molar-refractivity contribution in [3.05, 3.63) is 57.2 Å². The summed E-state index contributed by atoms with van der Waals surface area (Å²) in [6.07, 6.45) is 3.31. The minimum absolute atomic E-state index is 0.00538. The number of halogens is 1. The molecule has 1 aromatic heterocycles. The zero-order valence-corrected chi connectivity index (χ0v) is 14.5. The number of hydrogen-bond acceptors (Lipinski definition) is 7. The zero-order chi connectivity index (χ0) is 18.4. The van der Waals surface area contributed by atoms with Crippen LogP contribution < -0.4 is 5.32 Å². The largest absolute Gasteiger partial charge is 0.452 e. The molecule has 0 fully saturated rings. The fourth-order valence-corrected chi connectivity index (χ4v) is 2.58. The van der Waals surface area contributed by atoms with E-state index in [0.717, 1.165) is 6.07 Å². The van der Waals surface area contributed by atoms with Crippen LogP contribution in [0.2, 0.25) is 5.02 Å². The summed E-state index contributed by atoms with van der Waals surface area (Å²) in [6, 6.07) is 6.75. The molecule has 0 radical (unpaired) electrons. The number of nitro benzene ring substituents is 1. The molecule has 0 spiro atoms. The van der Waals surface area contributed by atoms with Crippen LogP contribution in [0.4, 0.5) is 11.4 Å². The minimum Gasteiger partial charge on any atom is -0.452 e. The summed E-state index contributed by atoms with van der Waals surface area (Å²) < 4.78 is 4.95. The van der Waals surface area contributed by atoms with Crippen molar-refractivity contribution >= 4 is 46.6 Å². The van der Waals surface area contributed by atoms with E-state index in [9.17, 15) is 19.7 Å². The molecule has 0 atom stereocenters. The average molecular weight is 382 g/mol. The number of ether oxygens (including phenoxy) is 1. The van der Waals surface area contributed by atoms with Crippen molar-refractivity contribution in [2.75, 3.05) is 18.2 Å². The highest BCUT2D eigenvalue weighted by Crippen LogP contribution is 2.26. The van der Waals surface area contributed by atoms with Gasteiger partial charge in [-0.2, -0.15) is 0 Å². The number of pyridine rings is 1. The van der Waals surface area contributed by atoms with Gasteiger partial charge in [-0.25, -0.2) is 9.78 Å². The molecule has 0 bridgehead atoms. The molecule has 130 valence electrons. The molecule has 2 aromatic rings. The summed E-state index contributed by atoms with van der Waals surface area (Å²) >= 11 is 7.16. The lowest BCUT2D eigenvalue weighted by Gasteiger charge is -2.09. The summed E-state index contributed by atoms with van der Waals surface area (Å²) in [7, 11) is 0. The van der Waals surface area contributed by atoms with Crippen molar-refractivity contribution in [3.8, 4) is 0 Å². The van der Waals surface area contributed by atoms with Gasteiger partial charge in [0.15, 0.2) is 6.61 Å². The summed E-state index contributed by atoms with van der Waals surface area (Å²) in [5.41, 5.74) is 0.242. The van der Waals surface area contributed by atoms with Gasteiger partial charge in [0, 0.05) is 18.3 Å². The molecule has 1 N–H and O–H groups in total. The Kier molecular flexibility index (Phi) is 6.31. The molecule has 1 amide bonds. The van der Waals surface area contributed by atoms with E-state index in [2.05, 4.69) is 10.3 Å². The first-order valence-electron chi connectivity index (χ1n) is 6.82. The monoisotopic (exact) mass is 381 g/mol.